The van der Waals surface area contributed by atoms with Gasteiger partial charge < -0.3 is 0 Å². The number of nitrogens with zero attached hydrogens (tertiary/aromatic N) is 4. The van der Waals surface area contributed by atoms with Crippen molar-refractivity contribution in [3.05, 3.63) is 199 Å². The molecule has 1 aliphatic heterocycles. The van der Waals surface area contributed by atoms with Crippen molar-refractivity contribution in [2.24, 2.45) is 11.8 Å². The summed E-state index contributed by atoms with van der Waals surface area (Å²) in [6.45, 7) is 13.8. The molecule has 139 heavy (non-hydrogen) atoms. The molecule has 2 atom stereocenters. The maximum absolute atomic E-state index is 14.4. The molecule has 2 aliphatic carbocycles. The Morgan fingerprint density at radius 1 is 0.388 bits per heavy atom. The van der Waals surface area contributed by atoms with E-state index in [0.29, 0.717) is 63.7 Å². The summed E-state index contributed by atoms with van der Waals surface area (Å²) in [5.41, 5.74) is 7.11. The van der Waals surface area contributed by atoms with Crippen LogP contribution in [-0.2, 0) is 18.4 Å². The number of fused-ring (bicyclic) bond motifs is 7. The van der Waals surface area contributed by atoms with Gasteiger partial charge in [0.05, 0.1) is 4.34 Å². The molecule has 0 amide bonds. The number of benzene rings is 2. The van der Waals surface area contributed by atoms with E-state index >= 15 is 0 Å². The van der Waals surface area contributed by atoms with Crippen molar-refractivity contribution in [1.29, 1.82) is 21.0 Å². The van der Waals surface area contributed by atoms with E-state index in [2.05, 4.69) is 151 Å². The van der Waals surface area contributed by atoms with Crippen LogP contribution in [0.2, 0.25) is 8.67 Å². The van der Waals surface area contributed by atoms with E-state index in [0.717, 1.165) is 63.8 Å². The van der Waals surface area contributed by atoms with E-state index in [-0.39, 0.29) is 37.2 Å². The van der Waals surface area contributed by atoms with Gasteiger partial charge in [-0.3, -0.25) is 4.79 Å². The average Bonchev–Trinajstić information content (AvgIpc) is 1.53. The number of carbonyl (C=O) groups is 2. The molecule has 18 heteroatoms. The molecule has 7 aromatic heterocycles. The van der Waals surface area contributed by atoms with Crippen molar-refractivity contribution in [3.63, 3.8) is 0 Å². The molecule has 7 nitrogen and oxygen atoms in total. The van der Waals surface area contributed by atoms with Crippen molar-refractivity contribution >= 4 is 173 Å². The van der Waals surface area contributed by atoms with Crippen LogP contribution in [0.1, 0.15) is 443 Å². The van der Waals surface area contributed by atoms with Gasteiger partial charge in [-0.05, 0) is 6.07 Å². The van der Waals surface area contributed by atoms with Crippen LogP contribution in [0.4, 0.5) is 0 Å². The first-order chi connectivity index (χ1) is 68.2. The molecular formula is C121H152Cl2N4O3S8Se. The van der Waals surface area contributed by atoms with Gasteiger partial charge >= 0.3 is 541 Å². The summed E-state index contributed by atoms with van der Waals surface area (Å²) in [6.07, 6.45) is 81.1. The van der Waals surface area contributed by atoms with Crippen molar-refractivity contribution < 1.29 is 14.3 Å². The zero-order chi connectivity index (χ0) is 97.8. The van der Waals surface area contributed by atoms with Crippen LogP contribution in [0.3, 0.4) is 0 Å². The number of carbonyl (C=O) groups excluding carboxylic acids is 2. The fourth-order valence-electron chi connectivity index (χ4n) is 20.3. The van der Waals surface area contributed by atoms with Crippen LogP contribution in [0.15, 0.2) is 141 Å². The Balaban J connectivity index is 0.986. The van der Waals surface area contributed by atoms with Crippen molar-refractivity contribution in [2.75, 3.05) is 11.5 Å². The van der Waals surface area contributed by atoms with Gasteiger partial charge in [0.15, 0.2) is 5.78 Å². The van der Waals surface area contributed by atoms with Gasteiger partial charge in [0.25, 0.3) is 0 Å². The average molecular weight is 2120 g/mol. The van der Waals surface area contributed by atoms with Gasteiger partial charge in [-0.1, -0.05) is 270 Å². The number of allylic oxidation sites excluding steroid dienone is 10. The molecule has 3 aliphatic rings. The van der Waals surface area contributed by atoms with Crippen molar-refractivity contribution in [3.8, 4) is 58.8 Å². The first kappa shape index (κ1) is 111. The Labute approximate surface area is 884 Å². The van der Waals surface area contributed by atoms with Gasteiger partial charge in [-0.25, -0.2) is 0 Å². The first-order valence-electron chi connectivity index (χ1n) is 53.9. The summed E-state index contributed by atoms with van der Waals surface area (Å²) in [7, 11) is 0. The van der Waals surface area contributed by atoms with Crippen LogP contribution >= 0.6 is 115 Å². The van der Waals surface area contributed by atoms with E-state index in [4.69, 9.17) is 27.9 Å². The molecule has 742 valence electrons. The molecule has 0 radical (unpaired) electrons. The third-order valence-corrected chi connectivity index (χ3v) is 41.5. The fraction of sp³-hybridized carbons (Fsp3) is 0.537. The first-order valence-corrected chi connectivity index (χ1v) is 63.3. The number of thiophene rings is 6. The summed E-state index contributed by atoms with van der Waals surface area (Å²) >= 11 is 26.9. The summed E-state index contributed by atoms with van der Waals surface area (Å²) in [5.74, 6) is 3.75. The van der Waals surface area contributed by atoms with Crippen LogP contribution in [0, 0.1) is 57.2 Å². The Bertz CT molecular complexity index is 5650. The number of hydrogen-bond acceptors (Lipinski definition) is 15. The maximum atomic E-state index is 14.4. The van der Waals surface area contributed by atoms with E-state index in [1.165, 1.54) is 408 Å². The summed E-state index contributed by atoms with van der Waals surface area (Å²) in [5, 5.41) is 41.4. The van der Waals surface area contributed by atoms with Gasteiger partial charge in [-0.2, -0.15) is 10.5 Å². The number of halogens is 2. The molecule has 0 bridgehead atoms. The number of rotatable bonds is 68. The molecule has 2 aromatic carbocycles. The predicted molar refractivity (Wildman–Crippen MR) is 610 cm³/mol. The quantitative estimate of drug-likeness (QED) is 0.0120. The van der Waals surface area contributed by atoms with E-state index in [1.807, 2.05) is 81.0 Å². The number of nitriles is 4. The van der Waals surface area contributed by atoms with E-state index in [1.54, 1.807) is 24.3 Å². The molecule has 9 aromatic rings. The number of Topliss-reactive ketones (excluding diaryl/α,β-unsaturated/α-hetero) is 2. The van der Waals surface area contributed by atoms with E-state index < -0.39 is 5.60 Å². The predicted octanol–water partition coefficient (Wildman–Crippen LogP) is 41.4. The van der Waals surface area contributed by atoms with Gasteiger partial charge in [-0.15, -0.1) is 11.3 Å². The van der Waals surface area contributed by atoms with Gasteiger partial charge in [0, 0.05) is 21.6 Å². The minimum atomic E-state index is -1.06. The SMILES string of the molecule is CCCCCCCCCCCCC(CCCCCCCCCC)CSc1cc(/C=C/C=C2\C(=O)c3cc(Cl)sc3C2=C(C#N)C#N)sc1-c1cc2c(s1)-c1sc3cc(-c4sc(/C=C/C=C5\C(=O)c6cc(Cl)sc6C5=C(C#N)C#N)cc4SCC(CCCCCCCCCC)CCCCCCCCCCCC)[se]c3c1OC2(c1ccc(CCCCCCCC)cc1)c1ccc(CCCCCCCC)cc1. The standard InChI is InChI=1S/C121H152Cl2N4O3S8Se/c1-7-13-19-25-31-35-37-41-47-53-60-89(59-51-45-39-33-27-21-15-9-3)85-131-102-75-95(63-55-65-97-109(91(81-124)82-125)114-99(111(97)128)77-107(122)137-114)133-117(102)104-79-101-116(135-104)119-113(130-121(101,93-71-67-87(68-72-93)57-49-43-29-23-17-11-5)94-73-69-88(70-74-94)58-50-44-30-24-18-12-6)120-105(136-119)80-106(139-120)118-103(76-96(134-118)64-56-66-98-110(92(83-126)84-127)115-100(112(98)129)78-108(123)138-115)132-86-90(61-52-46-40-34-28-22-16-10-4)62-54-48-42-38-36-32-26-20-14-8-2/h55-56,63-80,89-90H,7-54,57-62,85-86H2,1-6H3/b63-55+,64-56+,97-65-,98-66-. The van der Waals surface area contributed by atoms with E-state index in [9.17, 15) is 30.6 Å². The Morgan fingerprint density at radius 2 is 0.734 bits per heavy atom. The number of thioether (sulfide) groups is 2. The Morgan fingerprint density at radius 3 is 1.10 bits per heavy atom. The van der Waals surface area contributed by atoms with Gasteiger partial charge in [0.2, 0.25) is 0 Å². The Kier molecular flexibility index (Phi) is 49.1. The molecule has 0 saturated carbocycles. The molecule has 0 N–H and O–H groups in total. The third-order valence-electron chi connectivity index (χ3n) is 28.3. The van der Waals surface area contributed by atoms with Crippen molar-refractivity contribution in [2.45, 2.75) is 404 Å². The van der Waals surface area contributed by atoms with Gasteiger partial charge in [0.1, 0.15) is 17.7 Å². The topological polar surface area (TPSA) is 139 Å². The molecule has 12 rings (SSSR count). The molecule has 2 unspecified atom stereocenters. The monoisotopic (exact) mass is 2110 g/mol. The molecule has 0 fully saturated rings. The van der Waals surface area contributed by atoms with Crippen LogP contribution in [-0.4, -0.2) is 37.6 Å². The summed E-state index contributed by atoms with van der Waals surface area (Å²) in [4.78, 5) is 40.7. The van der Waals surface area contributed by atoms with Crippen LogP contribution in [0.5, 0.6) is 5.75 Å². The number of unbranched alkanes of at least 4 members (excludes halogenated alkanes) is 42. The number of hydrogen-bond donors (Lipinski definition) is 0. The molecular weight excluding hydrogens is 1960 g/mol. The number of ether oxygens (including phenoxy) is 1. The summed E-state index contributed by atoms with van der Waals surface area (Å²) in [6, 6.07) is 40.8. The number of aryl methyl sites for hydroxylation is 2. The molecule has 8 heterocycles. The molecule has 0 spiro atoms. The second-order valence-electron chi connectivity index (χ2n) is 39.2. The molecule has 0 saturated heterocycles. The number of ketones is 2. The van der Waals surface area contributed by atoms with Crippen LogP contribution in [0.25, 0.3) is 61.1 Å². The zero-order valence-corrected chi connectivity index (χ0v) is 94.0. The summed E-state index contributed by atoms with van der Waals surface area (Å²) < 4.78 is 13.3. The Hall–Kier alpha value is -6.28. The zero-order valence-electron chi connectivity index (χ0n) is 84.2. The van der Waals surface area contributed by atoms with Crippen LogP contribution < -0.4 is 4.74 Å². The normalized spacial score (nSPS) is 14.3. The van der Waals surface area contributed by atoms with Crippen molar-refractivity contribution in [1.82, 2.24) is 0 Å². The third kappa shape index (κ3) is 32.1. The fourth-order valence-corrected chi connectivity index (χ4v) is 33.9. The second kappa shape index (κ2) is 61.2. The minimum absolute atomic E-state index is 0.0950. The second-order valence-corrected chi connectivity index (χ2v) is 51.2.